The van der Waals surface area contributed by atoms with Crippen molar-refractivity contribution in [2.45, 2.75) is 46.6 Å². The fraction of sp³-hybridized carbons (Fsp3) is 0.500. The minimum atomic E-state index is -0.846. The van der Waals surface area contributed by atoms with E-state index >= 15 is 0 Å². The maximum absolute atomic E-state index is 11.3. The van der Waals surface area contributed by atoms with Crippen molar-refractivity contribution in [2.24, 2.45) is 0 Å². The van der Waals surface area contributed by atoms with E-state index < -0.39 is 12.0 Å². The first kappa shape index (κ1) is 14.7. The Morgan fingerprint density at radius 1 is 1.35 bits per heavy atom. The molecule has 108 valence electrons. The van der Waals surface area contributed by atoms with Crippen LogP contribution < -0.4 is 5.32 Å². The number of rotatable bonds is 5. The van der Waals surface area contributed by atoms with Crippen molar-refractivity contribution in [1.29, 1.82) is 0 Å². The van der Waals surface area contributed by atoms with Crippen LogP contribution in [0.4, 0.5) is 5.82 Å². The molecule has 0 spiro atoms. The third-order valence-electron chi connectivity index (χ3n) is 3.33. The van der Waals surface area contributed by atoms with Crippen LogP contribution in [0.15, 0.2) is 0 Å². The molecule has 0 aliphatic carbocycles. The fourth-order valence-corrected chi connectivity index (χ4v) is 3.25. The van der Waals surface area contributed by atoms with Gasteiger partial charge in [0, 0.05) is 4.88 Å². The molecule has 6 heteroatoms. The summed E-state index contributed by atoms with van der Waals surface area (Å²) in [6.07, 6.45) is 1.38. The molecule has 0 bridgehead atoms. The van der Waals surface area contributed by atoms with Crippen molar-refractivity contribution >= 4 is 33.3 Å². The van der Waals surface area contributed by atoms with Gasteiger partial charge < -0.3 is 10.4 Å². The second-order valence-electron chi connectivity index (χ2n) is 4.91. The number of fused-ring (bicyclic) bond motifs is 1. The van der Waals surface area contributed by atoms with Gasteiger partial charge in [-0.3, -0.25) is 0 Å². The summed E-state index contributed by atoms with van der Waals surface area (Å²) in [6.45, 7) is 7.86. The number of aromatic nitrogens is 2. The Hall–Kier alpha value is -1.69. The van der Waals surface area contributed by atoms with Crippen LogP contribution in [0.1, 0.15) is 36.0 Å². The van der Waals surface area contributed by atoms with Gasteiger partial charge in [0.15, 0.2) is 0 Å². The Labute approximate surface area is 122 Å². The Bertz CT molecular complexity index is 651. The number of thiophene rings is 1. The van der Waals surface area contributed by atoms with Crippen molar-refractivity contribution < 1.29 is 9.90 Å². The average Bonchev–Trinajstić information content (AvgIpc) is 2.64. The first-order valence-corrected chi connectivity index (χ1v) is 7.49. The van der Waals surface area contributed by atoms with E-state index in [-0.39, 0.29) is 0 Å². The number of aliphatic carboxylic acids is 1. The molecule has 2 aromatic rings. The topological polar surface area (TPSA) is 75.1 Å². The third kappa shape index (κ3) is 2.75. The molecule has 1 atom stereocenters. The van der Waals surface area contributed by atoms with Crippen molar-refractivity contribution in [3.05, 3.63) is 16.3 Å². The minimum Gasteiger partial charge on any atom is -0.480 e. The van der Waals surface area contributed by atoms with E-state index in [2.05, 4.69) is 15.3 Å². The summed E-state index contributed by atoms with van der Waals surface area (Å²) in [5.41, 5.74) is 1.12. The molecule has 2 aromatic heterocycles. The summed E-state index contributed by atoms with van der Waals surface area (Å²) >= 11 is 1.62. The van der Waals surface area contributed by atoms with Crippen LogP contribution in [-0.4, -0.2) is 27.1 Å². The SMILES string of the molecule is CCCC(Nc1nc(C)nc2sc(C)c(C)c12)C(=O)O. The largest absolute Gasteiger partial charge is 0.480 e. The lowest BCUT2D eigenvalue weighted by molar-refractivity contribution is -0.138. The number of carbonyl (C=O) groups is 1. The zero-order valence-corrected chi connectivity index (χ0v) is 13.0. The molecule has 2 rings (SSSR count). The summed E-state index contributed by atoms with van der Waals surface area (Å²) in [4.78, 5) is 22.2. The molecule has 0 fully saturated rings. The van der Waals surface area contributed by atoms with E-state index in [1.165, 1.54) is 4.88 Å². The summed E-state index contributed by atoms with van der Waals surface area (Å²) in [5.74, 6) is 0.443. The second kappa shape index (κ2) is 5.75. The number of aryl methyl sites for hydroxylation is 3. The fourth-order valence-electron chi connectivity index (χ4n) is 2.17. The highest BCUT2D eigenvalue weighted by Crippen LogP contribution is 2.33. The van der Waals surface area contributed by atoms with Crippen LogP contribution in [0, 0.1) is 20.8 Å². The van der Waals surface area contributed by atoms with Gasteiger partial charge in [0.25, 0.3) is 0 Å². The standard InChI is InChI=1S/C14H19N3O2S/c1-5-6-10(14(18)19)17-12-11-7(2)8(3)20-13(11)16-9(4)15-12/h10H,5-6H2,1-4H3,(H,18,19)(H,15,16,17). The molecule has 5 nitrogen and oxygen atoms in total. The first-order chi connectivity index (χ1) is 9.43. The van der Waals surface area contributed by atoms with Gasteiger partial charge in [-0.1, -0.05) is 13.3 Å². The quantitative estimate of drug-likeness (QED) is 0.884. The third-order valence-corrected chi connectivity index (χ3v) is 4.43. The Kier molecular flexibility index (Phi) is 4.23. The van der Waals surface area contributed by atoms with Gasteiger partial charge in [-0.2, -0.15) is 0 Å². The van der Waals surface area contributed by atoms with E-state index in [0.29, 0.717) is 18.1 Å². The number of hydrogen-bond acceptors (Lipinski definition) is 5. The maximum atomic E-state index is 11.3. The highest BCUT2D eigenvalue weighted by atomic mass is 32.1. The van der Waals surface area contributed by atoms with Crippen LogP contribution in [0.3, 0.4) is 0 Å². The van der Waals surface area contributed by atoms with E-state index in [1.807, 2.05) is 27.7 Å². The maximum Gasteiger partial charge on any atom is 0.326 e. The molecule has 0 aliphatic rings. The van der Waals surface area contributed by atoms with Gasteiger partial charge in [0.1, 0.15) is 22.5 Å². The highest BCUT2D eigenvalue weighted by molar-refractivity contribution is 7.18. The predicted molar refractivity (Wildman–Crippen MR) is 81.6 cm³/mol. The predicted octanol–water partition coefficient (Wildman–Crippen LogP) is 3.28. The van der Waals surface area contributed by atoms with Gasteiger partial charge in [-0.05, 0) is 32.8 Å². The van der Waals surface area contributed by atoms with Gasteiger partial charge in [-0.25, -0.2) is 14.8 Å². The van der Waals surface area contributed by atoms with Crippen LogP contribution >= 0.6 is 11.3 Å². The number of nitrogens with one attached hydrogen (secondary N) is 1. The Morgan fingerprint density at radius 3 is 2.65 bits per heavy atom. The molecular weight excluding hydrogens is 274 g/mol. The summed E-state index contributed by atoms with van der Waals surface area (Å²) in [6, 6.07) is -0.614. The number of hydrogen-bond donors (Lipinski definition) is 2. The molecule has 0 saturated heterocycles. The molecule has 1 unspecified atom stereocenters. The monoisotopic (exact) mass is 293 g/mol. The van der Waals surface area contributed by atoms with Crippen LogP contribution in [-0.2, 0) is 4.79 Å². The molecule has 0 amide bonds. The second-order valence-corrected chi connectivity index (χ2v) is 6.11. The van der Waals surface area contributed by atoms with Gasteiger partial charge >= 0.3 is 5.97 Å². The van der Waals surface area contributed by atoms with Crippen molar-refractivity contribution in [3.63, 3.8) is 0 Å². The van der Waals surface area contributed by atoms with Crippen molar-refractivity contribution in [3.8, 4) is 0 Å². The molecule has 0 aromatic carbocycles. The van der Waals surface area contributed by atoms with Crippen molar-refractivity contribution in [2.75, 3.05) is 5.32 Å². The molecule has 2 heterocycles. The smallest absolute Gasteiger partial charge is 0.326 e. The summed E-state index contributed by atoms with van der Waals surface area (Å²) < 4.78 is 0. The van der Waals surface area contributed by atoms with Gasteiger partial charge in [0.2, 0.25) is 0 Å². The average molecular weight is 293 g/mol. The Morgan fingerprint density at radius 2 is 2.05 bits per heavy atom. The van der Waals surface area contributed by atoms with Crippen molar-refractivity contribution in [1.82, 2.24) is 9.97 Å². The molecule has 0 aliphatic heterocycles. The van der Waals surface area contributed by atoms with Crippen LogP contribution in [0.25, 0.3) is 10.2 Å². The molecule has 20 heavy (non-hydrogen) atoms. The normalized spacial score (nSPS) is 12.6. The molecule has 0 saturated carbocycles. The van der Waals surface area contributed by atoms with Crippen LogP contribution in [0.5, 0.6) is 0 Å². The highest BCUT2D eigenvalue weighted by Gasteiger charge is 2.20. The first-order valence-electron chi connectivity index (χ1n) is 6.67. The van der Waals surface area contributed by atoms with Crippen LogP contribution in [0.2, 0.25) is 0 Å². The lowest BCUT2D eigenvalue weighted by atomic mass is 10.1. The van der Waals surface area contributed by atoms with E-state index in [0.717, 1.165) is 22.2 Å². The molecule has 0 radical (unpaired) electrons. The minimum absolute atomic E-state index is 0.571. The van der Waals surface area contributed by atoms with E-state index in [1.54, 1.807) is 11.3 Å². The van der Waals surface area contributed by atoms with E-state index in [4.69, 9.17) is 0 Å². The van der Waals surface area contributed by atoms with E-state index in [9.17, 15) is 9.90 Å². The molecule has 2 N–H and O–H groups in total. The zero-order valence-electron chi connectivity index (χ0n) is 12.1. The number of carboxylic acids is 1. The number of carboxylic acid groups (broad SMARTS) is 1. The number of nitrogens with zero attached hydrogens (tertiary/aromatic N) is 2. The molecular formula is C14H19N3O2S. The zero-order chi connectivity index (χ0) is 14.9. The lowest BCUT2D eigenvalue weighted by Gasteiger charge is -2.15. The summed E-state index contributed by atoms with van der Waals surface area (Å²) in [7, 11) is 0. The van der Waals surface area contributed by atoms with Gasteiger partial charge in [-0.15, -0.1) is 11.3 Å². The summed E-state index contributed by atoms with van der Waals surface area (Å²) in [5, 5.41) is 13.3. The Balaban J connectivity index is 2.49. The van der Waals surface area contributed by atoms with Gasteiger partial charge in [0.05, 0.1) is 5.39 Å². The number of anilines is 1. The lowest BCUT2D eigenvalue weighted by Crippen LogP contribution is -2.29.